The van der Waals surface area contributed by atoms with Crippen molar-refractivity contribution < 1.29 is 23.7 Å². The van der Waals surface area contributed by atoms with Gasteiger partial charge in [-0.25, -0.2) is 4.79 Å². The number of carbonyl (C=O) groups excluding carboxylic acids is 1. The Balaban J connectivity index is 1.94. The second-order valence-electron chi connectivity index (χ2n) is 4.95. The normalized spacial score (nSPS) is 9.96. The molecular formula is C18H21NO5. The molecule has 0 heterocycles. The van der Waals surface area contributed by atoms with Crippen molar-refractivity contribution in [2.24, 2.45) is 0 Å². The van der Waals surface area contributed by atoms with Gasteiger partial charge in [0.1, 0.15) is 6.61 Å². The number of nitrogens with one attached hydrogen (secondary N) is 1. The third-order valence-electron chi connectivity index (χ3n) is 3.37. The number of methoxy groups -OCH3 is 3. The van der Waals surface area contributed by atoms with Crippen LogP contribution < -0.4 is 19.5 Å². The standard InChI is InChI=1S/C18H21NO5/c1-21-15-9-14(10-16(22-2)17(15)23-3)11-19-18(20)24-12-13-7-5-4-6-8-13/h4-10H,11-12H2,1-3H3,(H,19,20). The van der Waals surface area contributed by atoms with E-state index in [0.29, 0.717) is 17.2 Å². The first-order valence-corrected chi connectivity index (χ1v) is 7.41. The van der Waals surface area contributed by atoms with Crippen LogP contribution in [0, 0.1) is 0 Å². The number of hydrogen-bond donors (Lipinski definition) is 1. The first-order valence-electron chi connectivity index (χ1n) is 7.41. The number of hydrogen-bond acceptors (Lipinski definition) is 5. The molecule has 2 aromatic carbocycles. The molecule has 1 N–H and O–H groups in total. The van der Waals surface area contributed by atoms with Gasteiger partial charge in [0.05, 0.1) is 21.3 Å². The third kappa shape index (κ3) is 4.55. The Morgan fingerprint density at radius 1 is 0.917 bits per heavy atom. The summed E-state index contributed by atoms with van der Waals surface area (Å²) in [5, 5.41) is 2.70. The van der Waals surface area contributed by atoms with E-state index in [1.165, 1.54) is 0 Å². The highest BCUT2D eigenvalue weighted by molar-refractivity contribution is 5.67. The van der Waals surface area contributed by atoms with Crippen molar-refractivity contribution in [3.63, 3.8) is 0 Å². The van der Waals surface area contributed by atoms with E-state index in [4.69, 9.17) is 18.9 Å². The molecule has 1 amide bonds. The summed E-state index contributed by atoms with van der Waals surface area (Å²) in [7, 11) is 4.63. The minimum Gasteiger partial charge on any atom is -0.493 e. The summed E-state index contributed by atoms with van der Waals surface area (Å²) < 4.78 is 21.0. The lowest BCUT2D eigenvalue weighted by Gasteiger charge is -2.14. The van der Waals surface area contributed by atoms with Gasteiger partial charge in [0.15, 0.2) is 11.5 Å². The van der Waals surface area contributed by atoms with Crippen molar-refractivity contribution in [1.29, 1.82) is 0 Å². The van der Waals surface area contributed by atoms with Crippen LogP contribution in [0.15, 0.2) is 42.5 Å². The first-order chi connectivity index (χ1) is 11.7. The second kappa shape index (κ2) is 8.67. The van der Waals surface area contributed by atoms with E-state index in [1.54, 1.807) is 33.5 Å². The number of carbonyl (C=O) groups is 1. The van der Waals surface area contributed by atoms with Gasteiger partial charge in [-0.2, -0.15) is 0 Å². The first kappa shape index (κ1) is 17.5. The van der Waals surface area contributed by atoms with Crippen LogP contribution in [-0.4, -0.2) is 27.4 Å². The number of amides is 1. The zero-order valence-corrected chi connectivity index (χ0v) is 14.0. The Hall–Kier alpha value is -2.89. The van der Waals surface area contributed by atoms with Crippen LogP contribution in [-0.2, 0) is 17.9 Å². The number of ether oxygens (including phenoxy) is 4. The monoisotopic (exact) mass is 331 g/mol. The van der Waals surface area contributed by atoms with E-state index in [0.717, 1.165) is 11.1 Å². The maximum absolute atomic E-state index is 11.8. The van der Waals surface area contributed by atoms with Gasteiger partial charge in [-0.3, -0.25) is 0 Å². The van der Waals surface area contributed by atoms with E-state index in [-0.39, 0.29) is 13.2 Å². The van der Waals surface area contributed by atoms with Crippen molar-refractivity contribution >= 4 is 6.09 Å². The van der Waals surface area contributed by atoms with Gasteiger partial charge in [0, 0.05) is 6.54 Å². The molecule has 0 bridgehead atoms. The average molecular weight is 331 g/mol. The molecule has 2 aromatic rings. The van der Waals surface area contributed by atoms with Crippen molar-refractivity contribution in [1.82, 2.24) is 5.32 Å². The SMILES string of the molecule is COc1cc(CNC(=O)OCc2ccccc2)cc(OC)c1OC. The van der Waals surface area contributed by atoms with Crippen molar-refractivity contribution in [3.05, 3.63) is 53.6 Å². The molecule has 0 fully saturated rings. The molecule has 6 heteroatoms. The number of alkyl carbamates (subject to hydrolysis) is 1. The lowest BCUT2D eigenvalue weighted by Crippen LogP contribution is -2.23. The highest BCUT2D eigenvalue weighted by Crippen LogP contribution is 2.38. The zero-order chi connectivity index (χ0) is 17.4. The summed E-state index contributed by atoms with van der Waals surface area (Å²) in [6.45, 7) is 0.506. The van der Waals surface area contributed by atoms with Gasteiger partial charge in [-0.1, -0.05) is 30.3 Å². The quantitative estimate of drug-likeness (QED) is 0.844. The van der Waals surface area contributed by atoms with E-state index in [1.807, 2.05) is 30.3 Å². The van der Waals surface area contributed by atoms with Gasteiger partial charge in [0.25, 0.3) is 0 Å². The molecule has 0 aliphatic rings. The molecule has 128 valence electrons. The largest absolute Gasteiger partial charge is 0.493 e. The van der Waals surface area contributed by atoms with Crippen LogP contribution in [0.25, 0.3) is 0 Å². The van der Waals surface area contributed by atoms with Crippen LogP contribution >= 0.6 is 0 Å². The fourth-order valence-corrected chi connectivity index (χ4v) is 2.19. The molecule has 0 aliphatic heterocycles. The highest BCUT2D eigenvalue weighted by atomic mass is 16.5. The Morgan fingerprint density at radius 3 is 2.08 bits per heavy atom. The van der Waals surface area contributed by atoms with E-state index < -0.39 is 6.09 Å². The maximum Gasteiger partial charge on any atom is 0.407 e. The zero-order valence-electron chi connectivity index (χ0n) is 14.0. The smallest absolute Gasteiger partial charge is 0.407 e. The van der Waals surface area contributed by atoms with Gasteiger partial charge < -0.3 is 24.3 Å². The summed E-state index contributed by atoms with van der Waals surface area (Å²) >= 11 is 0. The second-order valence-corrected chi connectivity index (χ2v) is 4.95. The molecule has 0 radical (unpaired) electrons. The Bertz CT molecular complexity index is 647. The number of rotatable bonds is 7. The van der Waals surface area contributed by atoms with Crippen LogP contribution in [0.3, 0.4) is 0 Å². The Morgan fingerprint density at radius 2 is 1.54 bits per heavy atom. The third-order valence-corrected chi connectivity index (χ3v) is 3.37. The molecule has 0 saturated carbocycles. The van der Waals surface area contributed by atoms with E-state index in [9.17, 15) is 4.79 Å². The molecule has 0 unspecified atom stereocenters. The summed E-state index contributed by atoms with van der Waals surface area (Å²) in [6, 6.07) is 13.0. The fraction of sp³-hybridized carbons (Fsp3) is 0.278. The van der Waals surface area contributed by atoms with Crippen LogP contribution in [0.4, 0.5) is 4.79 Å². The van der Waals surface area contributed by atoms with Crippen molar-refractivity contribution in [2.45, 2.75) is 13.2 Å². The maximum atomic E-state index is 11.8. The topological polar surface area (TPSA) is 66.0 Å². The molecule has 2 rings (SSSR count). The van der Waals surface area contributed by atoms with Gasteiger partial charge in [-0.05, 0) is 23.3 Å². The Kier molecular flexibility index (Phi) is 6.31. The summed E-state index contributed by atoms with van der Waals surface area (Å²) in [5.41, 5.74) is 1.74. The predicted molar refractivity (Wildman–Crippen MR) is 89.6 cm³/mol. The summed E-state index contributed by atoms with van der Waals surface area (Å²) in [6.07, 6.45) is -0.493. The molecule has 0 aliphatic carbocycles. The van der Waals surface area contributed by atoms with Crippen LogP contribution in [0.2, 0.25) is 0 Å². The lowest BCUT2D eigenvalue weighted by atomic mass is 10.2. The molecular weight excluding hydrogens is 310 g/mol. The van der Waals surface area contributed by atoms with Crippen LogP contribution in [0.1, 0.15) is 11.1 Å². The molecule has 0 aromatic heterocycles. The average Bonchev–Trinajstić information content (AvgIpc) is 2.64. The van der Waals surface area contributed by atoms with Crippen LogP contribution in [0.5, 0.6) is 17.2 Å². The number of benzene rings is 2. The van der Waals surface area contributed by atoms with Crippen molar-refractivity contribution in [2.75, 3.05) is 21.3 Å². The Labute approximate surface area is 141 Å². The van der Waals surface area contributed by atoms with Gasteiger partial charge >= 0.3 is 6.09 Å². The molecule has 0 atom stereocenters. The van der Waals surface area contributed by atoms with Gasteiger partial charge in [0.2, 0.25) is 5.75 Å². The van der Waals surface area contributed by atoms with Gasteiger partial charge in [-0.15, -0.1) is 0 Å². The summed E-state index contributed by atoms with van der Waals surface area (Å²) in [4.78, 5) is 11.8. The molecule has 0 saturated heterocycles. The lowest BCUT2D eigenvalue weighted by molar-refractivity contribution is 0.139. The highest BCUT2D eigenvalue weighted by Gasteiger charge is 2.13. The summed E-state index contributed by atoms with van der Waals surface area (Å²) in [5.74, 6) is 1.58. The fourth-order valence-electron chi connectivity index (χ4n) is 2.19. The van der Waals surface area contributed by atoms with E-state index >= 15 is 0 Å². The minimum absolute atomic E-state index is 0.224. The van der Waals surface area contributed by atoms with Crippen molar-refractivity contribution in [3.8, 4) is 17.2 Å². The molecule has 24 heavy (non-hydrogen) atoms. The predicted octanol–water partition coefficient (Wildman–Crippen LogP) is 3.14. The molecule has 6 nitrogen and oxygen atoms in total. The minimum atomic E-state index is -0.493. The molecule has 0 spiro atoms. The van der Waals surface area contributed by atoms with E-state index in [2.05, 4.69) is 5.32 Å².